The van der Waals surface area contributed by atoms with Crippen LogP contribution in [0.1, 0.15) is 13.8 Å². The molecule has 0 N–H and O–H groups in total. The van der Waals surface area contributed by atoms with E-state index in [0.29, 0.717) is 0 Å². The van der Waals surface area contributed by atoms with Gasteiger partial charge >= 0.3 is 0 Å². The summed E-state index contributed by atoms with van der Waals surface area (Å²) in [5.41, 5.74) is 0. The van der Waals surface area contributed by atoms with Crippen LogP contribution in [0, 0.1) is 0 Å². The third kappa shape index (κ3) is 2.63. The van der Waals surface area contributed by atoms with E-state index in [1.54, 1.807) is 0 Å². The van der Waals surface area contributed by atoms with Crippen LogP contribution in [0.2, 0.25) is 0 Å². The number of halogens is 4. The molecule has 0 fully saturated rings. The van der Waals surface area contributed by atoms with Crippen molar-refractivity contribution in [1.82, 2.24) is 0 Å². The van der Waals surface area contributed by atoms with Crippen LogP contribution in [0.5, 0.6) is 0 Å². The predicted octanol–water partition coefficient (Wildman–Crippen LogP) is 3.37. The minimum absolute atomic E-state index is 1.09. The van der Waals surface area contributed by atoms with E-state index in [0.717, 1.165) is 0 Å². The Kier molecular flexibility index (Phi) is 2.77. The van der Waals surface area contributed by atoms with Crippen molar-refractivity contribution >= 4 is 46.4 Å². The zero-order valence-corrected chi connectivity index (χ0v) is 7.54. The van der Waals surface area contributed by atoms with E-state index in [1.807, 2.05) is 0 Å². The van der Waals surface area contributed by atoms with Crippen molar-refractivity contribution in [2.75, 3.05) is 0 Å². The second-order valence-corrected chi connectivity index (χ2v) is 5.19. The van der Waals surface area contributed by atoms with E-state index in [9.17, 15) is 0 Å². The standard InChI is InChI=1S/C4H6Cl4/c1-3(5,6)4(2,7)8/h1-2H3. The lowest BCUT2D eigenvalue weighted by molar-refractivity contribution is 0.764. The van der Waals surface area contributed by atoms with Gasteiger partial charge in [0.1, 0.15) is 8.67 Å². The van der Waals surface area contributed by atoms with Crippen molar-refractivity contribution in [2.45, 2.75) is 22.5 Å². The summed E-state index contributed by atoms with van der Waals surface area (Å²) < 4.78 is -2.17. The molecule has 0 bridgehead atoms. The Labute approximate surface area is 69.0 Å². The van der Waals surface area contributed by atoms with Gasteiger partial charge in [0, 0.05) is 0 Å². The van der Waals surface area contributed by atoms with Crippen LogP contribution < -0.4 is 0 Å². The molecule has 0 saturated heterocycles. The van der Waals surface area contributed by atoms with Crippen LogP contribution in [0.3, 0.4) is 0 Å². The molecule has 0 aromatic rings. The first-order chi connectivity index (χ1) is 3.25. The Bertz CT molecular complexity index is 63.0. The van der Waals surface area contributed by atoms with Crippen LogP contribution in [0.15, 0.2) is 0 Å². The summed E-state index contributed by atoms with van der Waals surface area (Å²) in [5.74, 6) is 0. The molecule has 50 valence electrons. The minimum Gasteiger partial charge on any atom is -0.0986 e. The van der Waals surface area contributed by atoms with Gasteiger partial charge in [-0.2, -0.15) is 0 Å². The third-order valence-corrected chi connectivity index (χ3v) is 2.67. The van der Waals surface area contributed by atoms with Crippen LogP contribution in [-0.4, -0.2) is 8.67 Å². The van der Waals surface area contributed by atoms with Gasteiger partial charge < -0.3 is 0 Å². The van der Waals surface area contributed by atoms with E-state index in [1.165, 1.54) is 13.8 Å². The van der Waals surface area contributed by atoms with Gasteiger partial charge in [0.25, 0.3) is 0 Å². The zero-order valence-electron chi connectivity index (χ0n) is 4.51. The highest BCUT2D eigenvalue weighted by Crippen LogP contribution is 2.41. The summed E-state index contributed by atoms with van der Waals surface area (Å²) in [6.45, 7) is 3.08. The van der Waals surface area contributed by atoms with Crippen LogP contribution >= 0.6 is 46.4 Å². The molecule has 8 heavy (non-hydrogen) atoms. The van der Waals surface area contributed by atoms with Gasteiger partial charge in [-0.1, -0.05) is 46.4 Å². The molecule has 0 saturated carbocycles. The van der Waals surface area contributed by atoms with E-state index >= 15 is 0 Å². The average Bonchev–Trinajstić information content (AvgIpc) is 1.25. The summed E-state index contributed by atoms with van der Waals surface area (Å²) in [7, 11) is 0. The highest BCUT2D eigenvalue weighted by molar-refractivity contribution is 6.62. The molecule has 4 heteroatoms. The fraction of sp³-hybridized carbons (Fsp3) is 1.00. The van der Waals surface area contributed by atoms with Crippen molar-refractivity contribution in [3.63, 3.8) is 0 Å². The molecule has 0 aliphatic heterocycles. The van der Waals surface area contributed by atoms with Gasteiger partial charge in [0.2, 0.25) is 0 Å². The summed E-state index contributed by atoms with van der Waals surface area (Å²) in [6, 6.07) is 0. The van der Waals surface area contributed by atoms with Gasteiger partial charge in [-0.15, -0.1) is 0 Å². The first-order valence-corrected chi connectivity index (χ1v) is 3.52. The van der Waals surface area contributed by atoms with Crippen molar-refractivity contribution in [3.05, 3.63) is 0 Å². The molecule has 0 aliphatic carbocycles. The Morgan fingerprint density at radius 3 is 0.875 bits per heavy atom. The molecule has 0 aromatic heterocycles. The summed E-state index contributed by atoms with van der Waals surface area (Å²) in [5, 5.41) is 0. The Hall–Kier alpha value is 1.16. The molecule has 0 radical (unpaired) electrons. The Balaban J connectivity index is 4.02. The summed E-state index contributed by atoms with van der Waals surface area (Å²) in [6.07, 6.45) is 0. The Morgan fingerprint density at radius 1 is 0.750 bits per heavy atom. The third-order valence-electron chi connectivity index (χ3n) is 0.771. The van der Waals surface area contributed by atoms with Gasteiger partial charge in [-0.05, 0) is 13.8 Å². The maximum atomic E-state index is 5.51. The fourth-order valence-electron chi connectivity index (χ4n) is 0. The first kappa shape index (κ1) is 9.16. The Morgan fingerprint density at radius 2 is 0.875 bits per heavy atom. The monoisotopic (exact) mass is 194 g/mol. The molecular formula is C4H6Cl4. The molecule has 0 aromatic carbocycles. The topological polar surface area (TPSA) is 0 Å². The second kappa shape index (κ2) is 2.42. The summed E-state index contributed by atoms with van der Waals surface area (Å²) in [4.78, 5) is 0. The van der Waals surface area contributed by atoms with Crippen LogP contribution in [0.25, 0.3) is 0 Å². The average molecular weight is 196 g/mol. The van der Waals surface area contributed by atoms with E-state index in [-0.39, 0.29) is 0 Å². The van der Waals surface area contributed by atoms with Gasteiger partial charge in [-0.3, -0.25) is 0 Å². The van der Waals surface area contributed by atoms with Crippen molar-refractivity contribution in [3.8, 4) is 0 Å². The maximum Gasteiger partial charge on any atom is 0.147 e. The van der Waals surface area contributed by atoms with Gasteiger partial charge in [0.15, 0.2) is 0 Å². The highest BCUT2D eigenvalue weighted by atomic mass is 35.5. The van der Waals surface area contributed by atoms with Gasteiger partial charge in [0.05, 0.1) is 0 Å². The SMILES string of the molecule is CC(Cl)(Cl)C(C)(Cl)Cl. The zero-order chi connectivity index (χ0) is 7.00. The largest absolute Gasteiger partial charge is 0.147 e. The molecule has 0 nitrogen and oxygen atoms in total. The first-order valence-electron chi connectivity index (χ1n) is 2.01. The number of rotatable bonds is 1. The van der Waals surface area contributed by atoms with Crippen molar-refractivity contribution < 1.29 is 0 Å². The maximum absolute atomic E-state index is 5.51. The molecule has 0 rings (SSSR count). The van der Waals surface area contributed by atoms with Crippen molar-refractivity contribution in [1.29, 1.82) is 0 Å². The predicted molar refractivity (Wildman–Crippen MR) is 40.2 cm³/mol. The van der Waals surface area contributed by atoms with Gasteiger partial charge in [-0.25, -0.2) is 0 Å². The van der Waals surface area contributed by atoms with Crippen LogP contribution in [0.4, 0.5) is 0 Å². The molecule has 0 spiro atoms. The molecule has 0 aliphatic rings. The van der Waals surface area contributed by atoms with Crippen LogP contribution in [-0.2, 0) is 0 Å². The molecular weight excluding hydrogens is 190 g/mol. The lowest BCUT2D eigenvalue weighted by Crippen LogP contribution is -2.29. The normalized spacial score (nSPS) is 14.2. The van der Waals surface area contributed by atoms with E-state index in [2.05, 4.69) is 0 Å². The lowest BCUT2D eigenvalue weighted by atomic mass is 10.3. The highest BCUT2D eigenvalue weighted by Gasteiger charge is 2.38. The van der Waals surface area contributed by atoms with E-state index in [4.69, 9.17) is 46.4 Å². The summed E-state index contributed by atoms with van der Waals surface area (Å²) >= 11 is 22.0. The van der Waals surface area contributed by atoms with Crippen molar-refractivity contribution in [2.24, 2.45) is 0 Å². The second-order valence-electron chi connectivity index (χ2n) is 1.78. The molecule has 0 heterocycles. The lowest BCUT2D eigenvalue weighted by Gasteiger charge is -2.24. The number of hydrogen-bond acceptors (Lipinski definition) is 0. The smallest absolute Gasteiger partial charge is 0.0986 e. The van der Waals surface area contributed by atoms with E-state index < -0.39 is 8.67 Å². The molecule has 0 amide bonds. The number of alkyl halides is 4. The molecule has 0 atom stereocenters. The number of hydrogen-bond donors (Lipinski definition) is 0. The molecule has 0 unspecified atom stereocenters. The minimum atomic E-state index is -1.09. The quantitative estimate of drug-likeness (QED) is 0.563. The fourth-order valence-corrected chi connectivity index (χ4v) is 0.